The fourth-order valence-corrected chi connectivity index (χ4v) is 3.22. The van der Waals surface area contributed by atoms with E-state index in [0.717, 1.165) is 18.2 Å². The number of aldehydes is 1. The fourth-order valence-electron chi connectivity index (χ4n) is 3.22. The molecule has 1 aromatic rings. The smallest absolute Gasteiger partial charge is 0.280 e. The Morgan fingerprint density at radius 3 is 2.78 bits per heavy atom. The van der Waals surface area contributed by atoms with Crippen molar-refractivity contribution in [2.75, 3.05) is 11.4 Å². The number of nitro groups is 1. The molecular weight excluding hydrogens is 232 g/mol. The molecule has 1 heterocycles. The Hall–Kier alpha value is -1.91. The van der Waals surface area contributed by atoms with E-state index in [4.69, 9.17) is 0 Å². The lowest BCUT2D eigenvalue weighted by Gasteiger charge is -2.29. The SMILES string of the molecule is O=Cc1cc(N2CC3CCC2C3)ccc1[N+](=O)[O-]. The molecule has 5 nitrogen and oxygen atoms in total. The molecule has 1 aliphatic heterocycles. The number of anilines is 1. The first kappa shape index (κ1) is 11.2. The van der Waals surface area contributed by atoms with Gasteiger partial charge in [-0.3, -0.25) is 14.9 Å². The molecule has 94 valence electrons. The standard InChI is InChI=1S/C13H14N2O3/c16-8-10-6-12(3-4-13(10)15(17)18)14-7-9-1-2-11(14)5-9/h3-4,6,8-9,11H,1-2,5,7H2. The Kier molecular flexibility index (Phi) is 2.54. The molecule has 1 saturated heterocycles. The molecular formula is C13H14N2O3. The Morgan fingerprint density at radius 1 is 1.39 bits per heavy atom. The van der Waals surface area contributed by atoms with Crippen LogP contribution in [0.4, 0.5) is 11.4 Å². The van der Waals surface area contributed by atoms with Gasteiger partial charge in [0, 0.05) is 24.3 Å². The number of carbonyl (C=O) groups excluding carboxylic acids is 1. The van der Waals surface area contributed by atoms with Crippen LogP contribution in [0.3, 0.4) is 0 Å². The summed E-state index contributed by atoms with van der Waals surface area (Å²) >= 11 is 0. The maximum absolute atomic E-state index is 10.9. The van der Waals surface area contributed by atoms with Crippen molar-refractivity contribution < 1.29 is 9.72 Å². The molecule has 5 heteroatoms. The number of fused-ring (bicyclic) bond motifs is 2. The zero-order valence-electron chi connectivity index (χ0n) is 9.91. The van der Waals surface area contributed by atoms with Crippen molar-refractivity contribution in [3.05, 3.63) is 33.9 Å². The highest BCUT2D eigenvalue weighted by Gasteiger charge is 2.38. The predicted molar refractivity (Wildman–Crippen MR) is 67.0 cm³/mol. The molecule has 18 heavy (non-hydrogen) atoms. The minimum absolute atomic E-state index is 0.113. The van der Waals surface area contributed by atoms with Gasteiger partial charge in [0.05, 0.1) is 10.5 Å². The molecule has 0 N–H and O–H groups in total. The normalized spacial score (nSPS) is 25.4. The highest BCUT2D eigenvalue weighted by atomic mass is 16.6. The highest BCUT2D eigenvalue weighted by Crippen LogP contribution is 2.40. The topological polar surface area (TPSA) is 63.5 Å². The molecule has 2 fully saturated rings. The van der Waals surface area contributed by atoms with Gasteiger partial charge in [-0.05, 0) is 37.3 Å². The van der Waals surface area contributed by atoms with Gasteiger partial charge >= 0.3 is 0 Å². The number of rotatable bonds is 3. The molecule has 1 aromatic carbocycles. The lowest BCUT2D eigenvalue weighted by atomic mass is 10.1. The minimum atomic E-state index is -0.510. The van der Waals surface area contributed by atoms with Gasteiger partial charge in [-0.15, -0.1) is 0 Å². The summed E-state index contributed by atoms with van der Waals surface area (Å²) in [6.07, 6.45) is 4.26. The van der Waals surface area contributed by atoms with E-state index in [9.17, 15) is 14.9 Å². The van der Waals surface area contributed by atoms with E-state index in [1.807, 2.05) is 0 Å². The van der Waals surface area contributed by atoms with Crippen LogP contribution < -0.4 is 4.90 Å². The molecule has 1 saturated carbocycles. The van der Waals surface area contributed by atoms with Crippen molar-refractivity contribution in [2.24, 2.45) is 5.92 Å². The first-order valence-electron chi connectivity index (χ1n) is 6.19. The first-order chi connectivity index (χ1) is 8.69. The summed E-state index contributed by atoms with van der Waals surface area (Å²) in [5.41, 5.74) is 0.994. The minimum Gasteiger partial charge on any atom is -0.368 e. The predicted octanol–water partition coefficient (Wildman–Crippen LogP) is 2.40. The lowest BCUT2D eigenvalue weighted by Crippen LogP contribution is -2.31. The second kappa shape index (κ2) is 4.08. The van der Waals surface area contributed by atoms with Crippen LogP contribution in [-0.4, -0.2) is 23.8 Å². The van der Waals surface area contributed by atoms with Crippen LogP contribution in [0.2, 0.25) is 0 Å². The Labute approximate surface area is 105 Å². The molecule has 0 aromatic heterocycles. The third kappa shape index (κ3) is 1.66. The van der Waals surface area contributed by atoms with Gasteiger partial charge in [0.25, 0.3) is 5.69 Å². The molecule has 0 spiro atoms. The Balaban J connectivity index is 1.94. The Morgan fingerprint density at radius 2 is 2.22 bits per heavy atom. The highest BCUT2D eigenvalue weighted by molar-refractivity contribution is 5.83. The van der Waals surface area contributed by atoms with E-state index >= 15 is 0 Å². The van der Waals surface area contributed by atoms with Gasteiger partial charge in [-0.25, -0.2) is 0 Å². The maximum atomic E-state index is 10.9. The van der Waals surface area contributed by atoms with E-state index in [-0.39, 0.29) is 11.3 Å². The fraction of sp³-hybridized carbons (Fsp3) is 0.462. The maximum Gasteiger partial charge on any atom is 0.280 e. The molecule has 0 radical (unpaired) electrons. The number of piperidine rings is 1. The monoisotopic (exact) mass is 246 g/mol. The van der Waals surface area contributed by atoms with Crippen LogP contribution in [0, 0.1) is 16.0 Å². The van der Waals surface area contributed by atoms with E-state index in [0.29, 0.717) is 12.3 Å². The van der Waals surface area contributed by atoms with Crippen LogP contribution in [0.25, 0.3) is 0 Å². The first-order valence-corrected chi connectivity index (χ1v) is 6.19. The van der Waals surface area contributed by atoms with Gasteiger partial charge < -0.3 is 4.90 Å². The summed E-state index contributed by atoms with van der Waals surface area (Å²) in [5.74, 6) is 0.755. The third-order valence-corrected chi connectivity index (χ3v) is 4.08. The average molecular weight is 246 g/mol. The largest absolute Gasteiger partial charge is 0.368 e. The van der Waals surface area contributed by atoms with Crippen molar-refractivity contribution in [1.82, 2.24) is 0 Å². The molecule has 2 bridgehead atoms. The number of hydrogen-bond donors (Lipinski definition) is 0. The lowest BCUT2D eigenvalue weighted by molar-refractivity contribution is -0.385. The van der Waals surface area contributed by atoms with Crippen molar-refractivity contribution >= 4 is 17.7 Å². The van der Waals surface area contributed by atoms with Crippen molar-refractivity contribution in [3.63, 3.8) is 0 Å². The zero-order chi connectivity index (χ0) is 12.7. The quantitative estimate of drug-likeness (QED) is 0.466. The van der Waals surface area contributed by atoms with Crippen molar-refractivity contribution in [3.8, 4) is 0 Å². The number of nitro benzene ring substituents is 1. The molecule has 0 amide bonds. The molecule has 2 aliphatic rings. The zero-order valence-corrected chi connectivity index (χ0v) is 9.91. The van der Waals surface area contributed by atoms with Crippen LogP contribution >= 0.6 is 0 Å². The van der Waals surface area contributed by atoms with Crippen molar-refractivity contribution in [1.29, 1.82) is 0 Å². The van der Waals surface area contributed by atoms with E-state index < -0.39 is 4.92 Å². The second-order valence-electron chi connectivity index (χ2n) is 5.10. The van der Waals surface area contributed by atoms with Crippen LogP contribution in [0.1, 0.15) is 29.6 Å². The summed E-state index contributed by atoms with van der Waals surface area (Å²) in [7, 11) is 0. The summed E-state index contributed by atoms with van der Waals surface area (Å²) in [6, 6.07) is 5.39. The van der Waals surface area contributed by atoms with Gasteiger partial charge in [-0.1, -0.05) is 0 Å². The number of nitrogens with zero attached hydrogens (tertiary/aromatic N) is 2. The molecule has 1 aliphatic carbocycles. The van der Waals surface area contributed by atoms with Gasteiger partial charge in [0.15, 0.2) is 6.29 Å². The number of hydrogen-bond acceptors (Lipinski definition) is 4. The number of carbonyl (C=O) groups is 1. The van der Waals surface area contributed by atoms with Crippen molar-refractivity contribution in [2.45, 2.75) is 25.3 Å². The molecule has 2 unspecified atom stereocenters. The van der Waals surface area contributed by atoms with E-state index in [2.05, 4.69) is 4.90 Å². The summed E-state index contributed by atoms with van der Waals surface area (Å²) in [4.78, 5) is 23.5. The third-order valence-electron chi connectivity index (χ3n) is 4.08. The number of benzene rings is 1. The second-order valence-corrected chi connectivity index (χ2v) is 5.10. The van der Waals surface area contributed by atoms with Crippen LogP contribution in [0.15, 0.2) is 18.2 Å². The van der Waals surface area contributed by atoms with Gasteiger partial charge in [-0.2, -0.15) is 0 Å². The summed E-state index contributed by atoms with van der Waals surface area (Å²) in [6.45, 7) is 1.01. The summed E-state index contributed by atoms with van der Waals surface area (Å²) < 4.78 is 0. The molecule has 2 atom stereocenters. The van der Waals surface area contributed by atoms with E-state index in [1.165, 1.54) is 25.3 Å². The van der Waals surface area contributed by atoms with Crippen LogP contribution in [0.5, 0.6) is 0 Å². The molecule has 3 rings (SSSR count). The Bertz CT molecular complexity index is 515. The van der Waals surface area contributed by atoms with Gasteiger partial charge in [0.1, 0.15) is 0 Å². The summed E-state index contributed by atoms with van der Waals surface area (Å²) in [5, 5.41) is 10.8. The van der Waals surface area contributed by atoms with Crippen LogP contribution in [-0.2, 0) is 0 Å². The van der Waals surface area contributed by atoms with E-state index in [1.54, 1.807) is 12.1 Å². The van der Waals surface area contributed by atoms with Gasteiger partial charge in [0.2, 0.25) is 0 Å². The average Bonchev–Trinajstić information content (AvgIpc) is 3.00.